The maximum Gasteiger partial charge on any atom is 0.230 e. The summed E-state index contributed by atoms with van der Waals surface area (Å²) >= 11 is 0. The molecule has 18 heavy (non-hydrogen) atoms. The summed E-state index contributed by atoms with van der Waals surface area (Å²) in [5, 5.41) is 3.39. The predicted octanol–water partition coefficient (Wildman–Crippen LogP) is 2.80. The Balaban J connectivity index is 1.89. The van der Waals surface area contributed by atoms with Crippen molar-refractivity contribution in [3.63, 3.8) is 0 Å². The molecular formula is C15H18N2O. The van der Waals surface area contributed by atoms with E-state index >= 15 is 0 Å². The van der Waals surface area contributed by atoms with E-state index in [0.717, 1.165) is 43.7 Å². The highest BCUT2D eigenvalue weighted by Gasteiger charge is 2.27. The first-order valence-corrected chi connectivity index (χ1v) is 6.65. The van der Waals surface area contributed by atoms with Crippen molar-refractivity contribution in [3.8, 4) is 0 Å². The van der Waals surface area contributed by atoms with Crippen LogP contribution in [0.25, 0.3) is 0 Å². The first kappa shape index (κ1) is 11.3. The van der Waals surface area contributed by atoms with Gasteiger partial charge in [0, 0.05) is 19.0 Å². The highest BCUT2D eigenvalue weighted by molar-refractivity contribution is 5.98. The monoisotopic (exact) mass is 242 g/mol. The van der Waals surface area contributed by atoms with Gasteiger partial charge < -0.3 is 10.2 Å². The predicted molar refractivity (Wildman–Crippen MR) is 73.8 cm³/mol. The van der Waals surface area contributed by atoms with E-state index in [1.807, 2.05) is 29.2 Å². The molecular weight excluding hydrogens is 224 g/mol. The fraction of sp³-hybridized carbons (Fsp3) is 0.400. The van der Waals surface area contributed by atoms with Crippen molar-refractivity contribution in [2.45, 2.75) is 19.3 Å². The lowest BCUT2D eigenvalue weighted by Gasteiger charge is -2.25. The zero-order valence-corrected chi connectivity index (χ0v) is 10.4. The quantitative estimate of drug-likeness (QED) is 0.768. The van der Waals surface area contributed by atoms with E-state index in [1.165, 1.54) is 0 Å². The third kappa shape index (κ3) is 2.01. The standard InChI is InChI=1S/C15H18N2O/c18-15(12-6-1-2-7-12)17-11-5-10-16-13-8-3-4-9-14(13)17/h1-4,8-9,12,16H,5-7,10-11H2. The number of anilines is 2. The van der Waals surface area contributed by atoms with Crippen molar-refractivity contribution in [1.82, 2.24) is 0 Å². The Labute approximate surface area is 107 Å². The van der Waals surface area contributed by atoms with Gasteiger partial charge in [0.25, 0.3) is 0 Å². The molecule has 0 bridgehead atoms. The number of hydrogen-bond acceptors (Lipinski definition) is 2. The highest BCUT2D eigenvalue weighted by atomic mass is 16.2. The Morgan fingerprint density at radius 3 is 2.83 bits per heavy atom. The minimum Gasteiger partial charge on any atom is -0.383 e. The molecule has 1 heterocycles. The molecule has 2 aliphatic rings. The zero-order valence-electron chi connectivity index (χ0n) is 10.4. The summed E-state index contributed by atoms with van der Waals surface area (Å²) in [5.41, 5.74) is 2.11. The van der Waals surface area contributed by atoms with Crippen LogP contribution in [-0.2, 0) is 4.79 Å². The van der Waals surface area contributed by atoms with Crippen LogP contribution in [0.3, 0.4) is 0 Å². The Morgan fingerprint density at radius 2 is 2.00 bits per heavy atom. The number of nitrogens with one attached hydrogen (secondary N) is 1. The second-order valence-corrected chi connectivity index (χ2v) is 4.93. The van der Waals surface area contributed by atoms with Crippen LogP contribution < -0.4 is 10.2 Å². The van der Waals surface area contributed by atoms with Crippen molar-refractivity contribution >= 4 is 17.3 Å². The van der Waals surface area contributed by atoms with E-state index in [2.05, 4.69) is 17.5 Å². The van der Waals surface area contributed by atoms with Gasteiger partial charge in [0.15, 0.2) is 0 Å². The Hall–Kier alpha value is -1.77. The highest BCUT2D eigenvalue weighted by Crippen LogP contribution is 2.31. The molecule has 1 aromatic carbocycles. The summed E-state index contributed by atoms with van der Waals surface area (Å²) in [4.78, 5) is 14.5. The van der Waals surface area contributed by atoms with Crippen LogP contribution in [0.2, 0.25) is 0 Å². The van der Waals surface area contributed by atoms with Gasteiger partial charge in [0.2, 0.25) is 5.91 Å². The molecule has 1 aliphatic heterocycles. The average molecular weight is 242 g/mol. The molecule has 0 saturated carbocycles. The molecule has 0 aromatic heterocycles. The van der Waals surface area contributed by atoms with Gasteiger partial charge in [0.1, 0.15) is 0 Å². The van der Waals surface area contributed by atoms with Crippen molar-refractivity contribution in [3.05, 3.63) is 36.4 Å². The molecule has 0 saturated heterocycles. The summed E-state index contributed by atoms with van der Waals surface area (Å²) < 4.78 is 0. The van der Waals surface area contributed by atoms with Crippen LogP contribution in [0.5, 0.6) is 0 Å². The van der Waals surface area contributed by atoms with Crippen LogP contribution in [0.15, 0.2) is 36.4 Å². The van der Waals surface area contributed by atoms with Crippen molar-refractivity contribution in [2.75, 3.05) is 23.3 Å². The van der Waals surface area contributed by atoms with Crippen molar-refractivity contribution in [2.24, 2.45) is 5.92 Å². The van der Waals surface area contributed by atoms with Gasteiger partial charge in [-0.05, 0) is 31.4 Å². The van der Waals surface area contributed by atoms with E-state index in [4.69, 9.17) is 0 Å². The number of rotatable bonds is 1. The molecule has 0 unspecified atom stereocenters. The molecule has 3 heteroatoms. The number of hydrogen-bond donors (Lipinski definition) is 1. The number of benzene rings is 1. The number of carbonyl (C=O) groups is 1. The van der Waals surface area contributed by atoms with Crippen LogP contribution in [-0.4, -0.2) is 19.0 Å². The van der Waals surface area contributed by atoms with Gasteiger partial charge in [-0.1, -0.05) is 24.3 Å². The normalized spacial score (nSPS) is 19.2. The molecule has 1 amide bonds. The van der Waals surface area contributed by atoms with Gasteiger partial charge in [-0.15, -0.1) is 0 Å². The van der Waals surface area contributed by atoms with Crippen molar-refractivity contribution in [1.29, 1.82) is 0 Å². The number of allylic oxidation sites excluding steroid dienone is 2. The van der Waals surface area contributed by atoms with E-state index in [-0.39, 0.29) is 11.8 Å². The summed E-state index contributed by atoms with van der Waals surface area (Å²) in [6.07, 6.45) is 7.02. The summed E-state index contributed by atoms with van der Waals surface area (Å²) in [5.74, 6) is 0.423. The fourth-order valence-electron chi connectivity index (χ4n) is 2.71. The first-order chi connectivity index (χ1) is 8.86. The number of para-hydroxylation sites is 2. The van der Waals surface area contributed by atoms with Gasteiger partial charge in [0.05, 0.1) is 11.4 Å². The van der Waals surface area contributed by atoms with Crippen LogP contribution >= 0.6 is 0 Å². The molecule has 3 nitrogen and oxygen atoms in total. The number of nitrogens with zero attached hydrogens (tertiary/aromatic N) is 1. The molecule has 1 aromatic rings. The lowest BCUT2D eigenvalue weighted by molar-refractivity contribution is -0.122. The average Bonchev–Trinajstić information content (AvgIpc) is 2.85. The molecule has 0 radical (unpaired) electrons. The minimum atomic E-state index is 0.149. The largest absolute Gasteiger partial charge is 0.383 e. The van der Waals surface area contributed by atoms with Gasteiger partial charge in [-0.2, -0.15) is 0 Å². The summed E-state index contributed by atoms with van der Waals surface area (Å²) in [6, 6.07) is 8.09. The molecule has 1 aliphatic carbocycles. The minimum absolute atomic E-state index is 0.149. The van der Waals surface area contributed by atoms with Gasteiger partial charge >= 0.3 is 0 Å². The topological polar surface area (TPSA) is 32.3 Å². The second kappa shape index (κ2) is 4.84. The maximum atomic E-state index is 12.6. The van der Waals surface area contributed by atoms with Crippen molar-refractivity contribution < 1.29 is 4.79 Å². The fourth-order valence-corrected chi connectivity index (χ4v) is 2.71. The summed E-state index contributed by atoms with van der Waals surface area (Å²) in [6.45, 7) is 1.75. The molecule has 0 fully saturated rings. The van der Waals surface area contributed by atoms with Crippen LogP contribution in [0, 0.1) is 5.92 Å². The molecule has 3 rings (SSSR count). The van der Waals surface area contributed by atoms with Gasteiger partial charge in [-0.3, -0.25) is 4.79 Å². The maximum absolute atomic E-state index is 12.6. The number of amides is 1. The number of fused-ring (bicyclic) bond motifs is 1. The van der Waals surface area contributed by atoms with Crippen LogP contribution in [0.1, 0.15) is 19.3 Å². The molecule has 1 N–H and O–H groups in total. The zero-order chi connectivity index (χ0) is 12.4. The SMILES string of the molecule is O=C(C1CC=CC1)N1CCCNc2ccccc21. The van der Waals surface area contributed by atoms with E-state index in [0.29, 0.717) is 0 Å². The van der Waals surface area contributed by atoms with E-state index < -0.39 is 0 Å². The Kier molecular flexibility index (Phi) is 3.05. The second-order valence-electron chi connectivity index (χ2n) is 4.93. The molecule has 94 valence electrons. The van der Waals surface area contributed by atoms with Gasteiger partial charge in [-0.25, -0.2) is 0 Å². The number of carbonyl (C=O) groups excluding carboxylic acids is 1. The van der Waals surface area contributed by atoms with E-state index in [1.54, 1.807) is 0 Å². The third-order valence-corrected chi connectivity index (χ3v) is 3.69. The summed E-state index contributed by atoms with van der Waals surface area (Å²) in [7, 11) is 0. The Morgan fingerprint density at radius 1 is 1.22 bits per heavy atom. The smallest absolute Gasteiger partial charge is 0.230 e. The third-order valence-electron chi connectivity index (χ3n) is 3.69. The first-order valence-electron chi connectivity index (χ1n) is 6.65. The van der Waals surface area contributed by atoms with E-state index in [9.17, 15) is 4.79 Å². The lowest BCUT2D eigenvalue weighted by atomic mass is 10.0. The lowest BCUT2D eigenvalue weighted by Crippen LogP contribution is -2.36. The molecule has 0 atom stereocenters. The molecule has 0 spiro atoms. The Bertz CT molecular complexity index is 473. The van der Waals surface area contributed by atoms with Crippen LogP contribution in [0.4, 0.5) is 11.4 Å².